The summed E-state index contributed by atoms with van der Waals surface area (Å²) < 4.78 is 5.42. The number of aromatic nitrogens is 2. The van der Waals surface area contributed by atoms with Crippen molar-refractivity contribution in [2.24, 2.45) is 0 Å². The number of nitrogens with zero attached hydrogens (tertiary/aromatic N) is 1. The van der Waals surface area contributed by atoms with Crippen molar-refractivity contribution < 1.29 is 4.74 Å². The van der Waals surface area contributed by atoms with Crippen LogP contribution in [0.15, 0.2) is 42.5 Å². The number of benzene rings is 2. The third kappa shape index (κ3) is 1.68. The van der Waals surface area contributed by atoms with Crippen molar-refractivity contribution in [3.63, 3.8) is 0 Å². The summed E-state index contributed by atoms with van der Waals surface area (Å²) in [5.41, 5.74) is 7.38. The highest BCUT2D eigenvalue weighted by Crippen LogP contribution is 2.33. The molecule has 1 heterocycles. The van der Waals surface area contributed by atoms with E-state index in [4.69, 9.17) is 10.5 Å². The minimum atomic E-state index is 0.542. The van der Waals surface area contributed by atoms with Crippen molar-refractivity contribution in [2.45, 2.75) is 0 Å². The van der Waals surface area contributed by atoms with Crippen molar-refractivity contribution in [3.05, 3.63) is 42.5 Å². The second kappa shape index (κ2) is 4.07. The summed E-state index contributed by atoms with van der Waals surface area (Å²) in [5, 5.41) is 9.20. The lowest BCUT2D eigenvalue weighted by molar-refractivity contribution is 0.417. The summed E-state index contributed by atoms with van der Waals surface area (Å²) in [4.78, 5) is 0. The molecule has 0 unspecified atom stereocenters. The van der Waals surface area contributed by atoms with E-state index in [-0.39, 0.29) is 0 Å². The van der Waals surface area contributed by atoms with Gasteiger partial charge in [-0.2, -0.15) is 5.10 Å². The predicted molar refractivity (Wildman–Crippen MR) is 72.5 cm³/mol. The topological polar surface area (TPSA) is 63.9 Å². The number of hydrogen-bond donors (Lipinski definition) is 2. The van der Waals surface area contributed by atoms with Gasteiger partial charge in [0, 0.05) is 11.6 Å². The molecule has 3 N–H and O–H groups in total. The Labute approximate surface area is 104 Å². The Morgan fingerprint density at radius 1 is 1.11 bits per heavy atom. The first-order chi connectivity index (χ1) is 8.78. The molecule has 1 aromatic heterocycles. The van der Waals surface area contributed by atoms with Crippen LogP contribution in [0.3, 0.4) is 0 Å². The third-order valence-electron chi connectivity index (χ3n) is 2.94. The minimum absolute atomic E-state index is 0.542. The van der Waals surface area contributed by atoms with Crippen molar-refractivity contribution >= 4 is 16.6 Å². The molecule has 2 aromatic carbocycles. The molecule has 3 rings (SSSR count). The Morgan fingerprint density at radius 3 is 2.44 bits per heavy atom. The van der Waals surface area contributed by atoms with E-state index in [0.29, 0.717) is 5.82 Å². The van der Waals surface area contributed by atoms with Gasteiger partial charge in [0.15, 0.2) is 0 Å². The van der Waals surface area contributed by atoms with Gasteiger partial charge in [-0.3, -0.25) is 5.10 Å². The highest BCUT2D eigenvalue weighted by Gasteiger charge is 2.10. The number of aromatic amines is 1. The number of fused-ring (bicyclic) bond motifs is 1. The van der Waals surface area contributed by atoms with Crippen LogP contribution in [0.1, 0.15) is 0 Å². The van der Waals surface area contributed by atoms with E-state index < -0.39 is 0 Å². The fourth-order valence-corrected chi connectivity index (χ4v) is 2.06. The number of rotatable bonds is 2. The first kappa shape index (κ1) is 10.7. The third-order valence-corrected chi connectivity index (χ3v) is 2.94. The number of nitrogen functional groups attached to an aromatic ring is 1. The first-order valence-corrected chi connectivity index (χ1v) is 5.66. The molecule has 0 spiro atoms. The maximum Gasteiger partial charge on any atom is 0.128 e. The molecule has 0 amide bonds. The zero-order chi connectivity index (χ0) is 12.5. The molecule has 90 valence electrons. The Kier molecular flexibility index (Phi) is 2.41. The highest BCUT2D eigenvalue weighted by atomic mass is 16.5. The normalized spacial score (nSPS) is 10.7. The van der Waals surface area contributed by atoms with E-state index in [9.17, 15) is 0 Å². The van der Waals surface area contributed by atoms with Gasteiger partial charge >= 0.3 is 0 Å². The summed E-state index contributed by atoms with van der Waals surface area (Å²) in [5.74, 6) is 1.33. The molecular formula is C14H13N3O. The van der Waals surface area contributed by atoms with Crippen LogP contribution in [0.4, 0.5) is 5.82 Å². The molecule has 0 saturated heterocycles. The van der Waals surface area contributed by atoms with Gasteiger partial charge in [-0.25, -0.2) is 0 Å². The molecule has 0 aliphatic rings. The van der Waals surface area contributed by atoms with Crippen molar-refractivity contribution in [2.75, 3.05) is 12.8 Å². The summed E-state index contributed by atoms with van der Waals surface area (Å²) in [7, 11) is 1.66. The van der Waals surface area contributed by atoms with Gasteiger partial charge in [0.1, 0.15) is 11.6 Å². The monoisotopic (exact) mass is 239 g/mol. The Bertz CT molecular complexity index is 703. The SMILES string of the molecule is COc1cc2ccccc2cc1-c1cc(N)[nH]n1. The molecule has 0 saturated carbocycles. The molecule has 0 radical (unpaired) electrons. The van der Waals surface area contributed by atoms with Gasteiger partial charge in [-0.05, 0) is 22.9 Å². The lowest BCUT2D eigenvalue weighted by Gasteiger charge is -2.08. The summed E-state index contributed by atoms with van der Waals surface area (Å²) in [6.45, 7) is 0. The van der Waals surface area contributed by atoms with Gasteiger partial charge < -0.3 is 10.5 Å². The smallest absolute Gasteiger partial charge is 0.128 e. The van der Waals surface area contributed by atoms with E-state index in [1.165, 1.54) is 0 Å². The average Bonchev–Trinajstić information content (AvgIpc) is 2.83. The van der Waals surface area contributed by atoms with Crippen LogP contribution in [0.5, 0.6) is 5.75 Å². The second-order valence-corrected chi connectivity index (χ2v) is 4.11. The second-order valence-electron chi connectivity index (χ2n) is 4.11. The van der Waals surface area contributed by atoms with Crippen LogP contribution < -0.4 is 10.5 Å². The number of nitrogens with two attached hydrogens (primary N) is 1. The van der Waals surface area contributed by atoms with Crippen LogP contribution >= 0.6 is 0 Å². The molecule has 4 heteroatoms. The Balaban J connectivity index is 2.26. The fraction of sp³-hybridized carbons (Fsp3) is 0.0714. The van der Waals surface area contributed by atoms with Crippen molar-refractivity contribution in [1.82, 2.24) is 10.2 Å². The zero-order valence-electron chi connectivity index (χ0n) is 9.97. The number of ether oxygens (including phenoxy) is 1. The molecule has 4 nitrogen and oxygen atoms in total. The summed E-state index contributed by atoms with van der Waals surface area (Å²) in [6, 6.07) is 14.0. The van der Waals surface area contributed by atoms with Gasteiger partial charge in [0.05, 0.1) is 12.8 Å². The first-order valence-electron chi connectivity index (χ1n) is 5.66. The lowest BCUT2D eigenvalue weighted by atomic mass is 10.0. The average molecular weight is 239 g/mol. The summed E-state index contributed by atoms with van der Waals surface area (Å²) >= 11 is 0. The van der Waals surface area contributed by atoms with E-state index in [1.807, 2.05) is 18.2 Å². The molecular weight excluding hydrogens is 226 g/mol. The van der Waals surface area contributed by atoms with Gasteiger partial charge in [0.25, 0.3) is 0 Å². The zero-order valence-corrected chi connectivity index (χ0v) is 9.97. The molecule has 0 aliphatic heterocycles. The molecule has 0 atom stereocenters. The number of methoxy groups -OCH3 is 1. The largest absolute Gasteiger partial charge is 0.496 e. The van der Waals surface area contributed by atoms with Crippen LogP contribution in [-0.4, -0.2) is 17.3 Å². The standard InChI is InChI=1S/C14H13N3O/c1-18-13-7-10-5-3-2-4-9(10)6-11(13)12-8-14(15)17-16-12/h2-8H,1H3,(H3,15,16,17). The van der Waals surface area contributed by atoms with Crippen LogP contribution in [0.2, 0.25) is 0 Å². The molecule has 0 fully saturated rings. The van der Waals surface area contributed by atoms with Crippen molar-refractivity contribution in [1.29, 1.82) is 0 Å². The van der Waals surface area contributed by atoms with E-state index >= 15 is 0 Å². The molecule has 0 bridgehead atoms. The van der Waals surface area contributed by atoms with Crippen molar-refractivity contribution in [3.8, 4) is 17.0 Å². The maximum absolute atomic E-state index is 5.66. The van der Waals surface area contributed by atoms with Gasteiger partial charge in [-0.1, -0.05) is 24.3 Å². The van der Waals surface area contributed by atoms with E-state index in [2.05, 4.69) is 28.4 Å². The molecule has 18 heavy (non-hydrogen) atoms. The van der Waals surface area contributed by atoms with Gasteiger partial charge in [-0.15, -0.1) is 0 Å². The number of anilines is 1. The highest BCUT2D eigenvalue weighted by molar-refractivity contribution is 5.90. The minimum Gasteiger partial charge on any atom is -0.496 e. The number of hydrogen-bond acceptors (Lipinski definition) is 3. The van der Waals surface area contributed by atoms with E-state index in [1.54, 1.807) is 13.2 Å². The predicted octanol–water partition coefficient (Wildman–Crippen LogP) is 2.82. The van der Waals surface area contributed by atoms with E-state index in [0.717, 1.165) is 27.8 Å². The van der Waals surface area contributed by atoms with Gasteiger partial charge in [0.2, 0.25) is 0 Å². The molecule has 0 aliphatic carbocycles. The van der Waals surface area contributed by atoms with Crippen LogP contribution in [0, 0.1) is 0 Å². The quantitative estimate of drug-likeness (QED) is 0.722. The number of H-pyrrole nitrogens is 1. The lowest BCUT2D eigenvalue weighted by Crippen LogP contribution is -1.89. The molecule has 3 aromatic rings. The Hall–Kier alpha value is -2.49. The Morgan fingerprint density at radius 2 is 1.83 bits per heavy atom. The maximum atomic E-state index is 5.66. The fourth-order valence-electron chi connectivity index (χ4n) is 2.06. The summed E-state index contributed by atoms with van der Waals surface area (Å²) in [6.07, 6.45) is 0. The van der Waals surface area contributed by atoms with Crippen LogP contribution in [-0.2, 0) is 0 Å². The van der Waals surface area contributed by atoms with Crippen LogP contribution in [0.25, 0.3) is 22.0 Å². The number of nitrogens with one attached hydrogen (secondary N) is 1.